The standard InChI is InChI=1S/C5H7O3/c1-3-4(2)8-5(6)7-3/h3-4H,1H2,2H3. The molecule has 1 heterocycles. The average Bonchev–Trinajstić information content (AvgIpc) is 1.85. The molecule has 1 saturated heterocycles. The van der Waals surface area contributed by atoms with Gasteiger partial charge >= 0.3 is 6.16 Å². The molecule has 0 amide bonds. The van der Waals surface area contributed by atoms with Crippen LogP contribution in [0.3, 0.4) is 0 Å². The fourth-order valence-electron chi connectivity index (χ4n) is 0.475. The molecule has 8 heavy (non-hydrogen) atoms. The second-order valence-corrected chi connectivity index (χ2v) is 1.73. The maximum atomic E-state index is 10.2. The van der Waals surface area contributed by atoms with Crippen LogP contribution < -0.4 is 0 Å². The molecule has 0 aromatic rings. The van der Waals surface area contributed by atoms with E-state index in [2.05, 4.69) is 16.4 Å². The van der Waals surface area contributed by atoms with E-state index in [1.54, 1.807) is 6.92 Å². The summed E-state index contributed by atoms with van der Waals surface area (Å²) in [5.74, 6) is 0. The van der Waals surface area contributed by atoms with Crippen LogP contribution in [0.5, 0.6) is 0 Å². The van der Waals surface area contributed by atoms with Gasteiger partial charge in [-0.2, -0.15) is 0 Å². The Balaban J connectivity index is 2.51. The summed E-state index contributed by atoms with van der Waals surface area (Å²) in [5.41, 5.74) is 0. The molecular weight excluding hydrogens is 108 g/mol. The lowest BCUT2D eigenvalue weighted by atomic mass is 10.3. The molecule has 0 N–H and O–H groups in total. The second-order valence-electron chi connectivity index (χ2n) is 1.73. The molecule has 1 aliphatic heterocycles. The summed E-state index contributed by atoms with van der Waals surface area (Å²) in [4.78, 5) is 10.2. The Morgan fingerprint density at radius 1 is 1.62 bits per heavy atom. The molecule has 0 aliphatic carbocycles. The van der Waals surface area contributed by atoms with Crippen molar-refractivity contribution in [2.45, 2.75) is 19.1 Å². The average molecular weight is 115 g/mol. The molecule has 1 radical (unpaired) electrons. The van der Waals surface area contributed by atoms with Crippen molar-refractivity contribution < 1.29 is 14.3 Å². The van der Waals surface area contributed by atoms with E-state index >= 15 is 0 Å². The van der Waals surface area contributed by atoms with Crippen molar-refractivity contribution in [3.05, 3.63) is 6.92 Å². The zero-order valence-electron chi connectivity index (χ0n) is 4.59. The van der Waals surface area contributed by atoms with Crippen LogP contribution in [0.25, 0.3) is 0 Å². The van der Waals surface area contributed by atoms with Gasteiger partial charge in [0, 0.05) is 0 Å². The molecule has 3 heteroatoms. The van der Waals surface area contributed by atoms with Crippen LogP contribution in [0.15, 0.2) is 0 Å². The predicted molar refractivity (Wildman–Crippen MR) is 26.2 cm³/mol. The first-order chi connectivity index (χ1) is 3.70. The lowest BCUT2D eigenvalue weighted by molar-refractivity contribution is 0.120. The summed E-state index contributed by atoms with van der Waals surface area (Å²) in [6.07, 6.45) is -1.14. The van der Waals surface area contributed by atoms with Gasteiger partial charge in [0.1, 0.15) is 12.2 Å². The molecule has 1 rings (SSSR count). The van der Waals surface area contributed by atoms with Gasteiger partial charge in [0.15, 0.2) is 0 Å². The van der Waals surface area contributed by atoms with Gasteiger partial charge in [-0.05, 0) is 13.8 Å². The fourth-order valence-corrected chi connectivity index (χ4v) is 0.475. The van der Waals surface area contributed by atoms with Crippen molar-refractivity contribution in [2.75, 3.05) is 0 Å². The third-order valence-electron chi connectivity index (χ3n) is 1.05. The highest BCUT2D eigenvalue weighted by Gasteiger charge is 2.28. The number of rotatable bonds is 0. The summed E-state index contributed by atoms with van der Waals surface area (Å²) in [5, 5.41) is 0. The Kier molecular flexibility index (Phi) is 1.12. The van der Waals surface area contributed by atoms with E-state index in [1.165, 1.54) is 0 Å². The number of hydrogen-bond acceptors (Lipinski definition) is 3. The Labute approximate surface area is 47.6 Å². The highest BCUT2D eigenvalue weighted by Crippen LogP contribution is 2.12. The molecular formula is C5H7O3. The van der Waals surface area contributed by atoms with Gasteiger partial charge in [-0.1, -0.05) is 0 Å². The Morgan fingerprint density at radius 2 is 2.25 bits per heavy atom. The molecule has 0 saturated carbocycles. The molecule has 2 unspecified atom stereocenters. The molecule has 0 bridgehead atoms. The molecule has 45 valence electrons. The number of cyclic esters (lactones) is 2. The van der Waals surface area contributed by atoms with E-state index in [1.807, 2.05) is 0 Å². The summed E-state index contributed by atoms with van der Waals surface area (Å²) in [7, 11) is 0. The zero-order valence-corrected chi connectivity index (χ0v) is 4.59. The van der Waals surface area contributed by atoms with Gasteiger partial charge in [0.25, 0.3) is 0 Å². The maximum absolute atomic E-state index is 10.2. The van der Waals surface area contributed by atoms with E-state index in [-0.39, 0.29) is 12.2 Å². The van der Waals surface area contributed by atoms with Crippen molar-refractivity contribution in [3.63, 3.8) is 0 Å². The molecule has 0 spiro atoms. The third kappa shape index (κ3) is 0.757. The van der Waals surface area contributed by atoms with Crippen molar-refractivity contribution in [3.8, 4) is 0 Å². The van der Waals surface area contributed by atoms with Crippen LogP contribution in [-0.2, 0) is 9.47 Å². The number of hydrogen-bond donors (Lipinski definition) is 0. The predicted octanol–water partition coefficient (Wildman–Crippen LogP) is 0.744. The van der Waals surface area contributed by atoms with E-state index in [0.29, 0.717) is 0 Å². The second kappa shape index (κ2) is 1.65. The monoisotopic (exact) mass is 115 g/mol. The molecule has 0 aromatic carbocycles. The van der Waals surface area contributed by atoms with E-state index in [4.69, 9.17) is 0 Å². The largest absolute Gasteiger partial charge is 0.509 e. The molecule has 1 aliphatic rings. The van der Waals surface area contributed by atoms with Crippen LogP contribution in [-0.4, -0.2) is 18.4 Å². The van der Waals surface area contributed by atoms with Gasteiger partial charge in [0.2, 0.25) is 0 Å². The van der Waals surface area contributed by atoms with Gasteiger partial charge in [-0.25, -0.2) is 4.79 Å². The topological polar surface area (TPSA) is 35.5 Å². The number of carbonyl (C=O) groups excluding carboxylic acids is 1. The highest BCUT2D eigenvalue weighted by molar-refractivity contribution is 5.62. The highest BCUT2D eigenvalue weighted by atomic mass is 16.8. The lowest BCUT2D eigenvalue weighted by Crippen LogP contribution is -2.13. The lowest BCUT2D eigenvalue weighted by Gasteiger charge is -2.00. The van der Waals surface area contributed by atoms with Crippen LogP contribution in [0.2, 0.25) is 0 Å². The minimum atomic E-state index is -0.613. The van der Waals surface area contributed by atoms with Crippen LogP contribution in [0.1, 0.15) is 6.92 Å². The fraction of sp³-hybridized carbons (Fsp3) is 0.600. The van der Waals surface area contributed by atoms with Crippen LogP contribution >= 0.6 is 0 Å². The first-order valence-electron chi connectivity index (χ1n) is 2.40. The first kappa shape index (κ1) is 5.41. The Hall–Kier alpha value is -0.730. The van der Waals surface area contributed by atoms with Gasteiger partial charge in [-0.15, -0.1) is 0 Å². The van der Waals surface area contributed by atoms with Gasteiger partial charge in [-0.3, -0.25) is 0 Å². The third-order valence-corrected chi connectivity index (χ3v) is 1.05. The Bertz CT molecular complexity index is 98.2. The molecule has 1 fully saturated rings. The normalized spacial score (nSPS) is 36.5. The summed E-state index contributed by atoms with van der Waals surface area (Å²) < 4.78 is 9.05. The van der Waals surface area contributed by atoms with E-state index in [9.17, 15) is 4.79 Å². The van der Waals surface area contributed by atoms with Gasteiger partial charge < -0.3 is 9.47 Å². The van der Waals surface area contributed by atoms with Crippen molar-refractivity contribution in [1.82, 2.24) is 0 Å². The zero-order chi connectivity index (χ0) is 6.15. The summed E-state index contributed by atoms with van der Waals surface area (Å²) in [6, 6.07) is 0. The van der Waals surface area contributed by atoms with Crippen molar-refractivity contribution in [2.24, 2.45) is 0 Å². The minimum absolute atomic E-state index is 0.192. The number of carbonyl (C=O) groups is 1. The number of ether oxygens (including phenoxy) is 2. The molecule has 0 aromatic heterocycles. The first-order valence-corrected chi connectivity index (χ1v) is 2.40. The van der Waals surface area contributed by atoms with Crippen LogP contribution in [0, 0.1) is 6.92 Å². The van der Waals surface area contributed by atoms with E-state index < -0.39 is 6.16 Å². The smallest absolute Gasteiger partial charge is 0.427 e. The van der Waals surface area contributed by atoms with Crippen molar-refractivity contribution >= 4 is 6.16 Å². The minimum Gasteiger partial charge on any atom is -0.427 e. The van der Waals surface area contributed by atoms with E-state index in [0.717, 1.165) is 0 Å². The van der Waals surface area contributed by atoms with Crippen molar-refractivity contribution in [1.29, 1.82) is 0 Å². The maximum Gasteiger partial charge on any atom is 0.509 e. The molecule has 3 nitrogen and oxygen atoms in total. The SMILES string of the molecule is [CH2]C1OC(=O)OC1C. The van der Waals surface area contributed by atoms with Crippen LogP contribution in [0.4, 0.5) is 4.79 Å². The quantitative estimate of drug-likeness (QED) is 0.437. The Morgan fingerprint density at radius 3 is 2.38 bits per heavy atom. The summed E-state index contributed by atoms with van der Waals surface area (Å²) in [6.45, 7) is 5.24. The molecule has 2 atom stereocenters. The summed E-state index contributed by atoms with van der Waals surface area (Å²) >= 11 is 0. The van der Waals surface area contributed by atoms with Gasteiger partial charge in [0.05, 0.1) is 0 Å².